The number of ketones is 1. The number of halogens is 1. The quantitative estimate of drug-likeness (QED) is 0.132. The molecule has 0 spiro atoms. The molecule has 0 saturated carbocycles. The second-order valence-corrected chi connectivity index (χ2v) is 10.8. The molecule has 1 aromatic heterocycles. The van der Waals surface area contributed by atoms with Crippen LogP contribution in [0.25, 0.3) is 22.2 Å². The van der Waals surface area contributed by atoms with Gasteiger partial charge in [0.05, 0.1) is 31.0 Å². The second-order valence-electron chi connectivity index (χ2n) is 10.4. The van der Waals surface area contributed by atoms with Crippen molar-refractivity contribution in [3.05, 3.63) is 47.5 Å². The van der Waals surface area contributed by atoms with Gasteiger partial charge in [0.25, 0.3) is 5.95 Å². The van der Waals surface area contributed by atoms with Crippen LogP contribution in [-0.4, -0.2) is 99.5 Å². The number of hydrogen-bond donors (Lipinski definition) is 2. The number of fused-ring (bicyclic) bond motifs is 1. The number of carbonyl (C=O) groups excluding carboxylic acids is 1. The van der Waals surface area contributed by atoms with Crippen molar-refractivity contribution in [2.45, 2.75) is 25.7 Å². The lowest BCUT2D eigenvalue weighted by atomic mass is 10.1. The Morgan fingerprint density at radius 1 is 0.930 bits per heavy atom. The Kier molecular flexibility index (Phi) is 12.9. The molecule has 1 saturated heterocycles. The number of methoxy groups -OCH3 is 1. The molecular formula is C31H42ClN7O4. The van der Waals surface area contributed by atoms with Gasteiger partial charge in [0, 0.05) is 87.5 Å². The number of benzene rings is 2. The molecule has 4 N–H and O–H groups in total. The first kappa shape index (κ1) is 32.6. The number of guanidine groups is 1. The van der Waals surface area contributed by atoms with E-state index in [1.165, 1.54) is 0 Å². The highest BCUT2D eigenvalue weighted by Gasteiger charge is 2.18. The third-order valence-electron chi connectivity index (χ3n) is 7.20. The minimum atomic E-state index is -0.0982. The normalized spacial score (nSPS) is 13.9. The van der Waals surface area contributed by atoms with Crippen molar-refractivity contribution in [1.29, 1.82) is 0 Å². The molecule has 0 bridgehead atoms. The van der Waals surface area contributed by atoms with E-state index in [1.54, 1.807) is 13.2 Å². The zero-order chi connectivity index (χ0) is 30.4. The maximum absolute atomic E-state index is 11.7. The first-order valence-electron chi connectivity index (χ1n) is 14.7. The van der Waals surface area contributed by atoms with Crippen LogP contribution in [0.2, 0.25) is 5.02 Å². The molecule has 4 rings (SSSR count). The van der Waals surface area contributed by atoms with Gasteiger partial charge in [-0.1, -0.05) is 23.7 Å². The Bertz CT molecular complexity index is 1360. The molecule has 2 aromatic carbocycles. The summed E-state index contributed by atoms with van der Waals surface area (Å²) in [7, 11) is 1.65. The summed E-state index contributed by atoms with van der Waals surface area (Å²) < 4.78 is 16.4. The smallest absolute Gasteiger partial charge is 0.253 e. The Balaban J connectivity index is 1.20. The average Bonchev–Trinajstić information content (AvgIpc) is 3.00. The van der Waals surface area contributed by atoms with Crippen molar-refractivity contribution in [2.24, 2.45) is 16.5 Å². The topological polar surface area (TPSA) is 141 Å². The molecule has 1 aliphatic rings. The molecule has 12 heteroatoms. The fourth-order valence-corrected chi connectivity index (χ4v) is 5.15. The van der Waals surface area contributed by atoms with Gasteiger partial charge in [-0.05, 0) is 43.2 Å². The Hall–Kier alpha value is -3.35. The Morgan fingerprint density at radius 2 is 1.67 bits per heavy atom. The van der Waals surface area contributed by atoms with Crippen molar-refractivity contribution in [2.75, 3.05) is 77.8 Å². The Morgan fingerprint density at radius 3 is 2.42 bits per heavy atom. The fourth-order valence-electron chi connectivity index (χ4n) is 4.98. The summed E-state index contributed by atoms with van der Waals surface area (Å²) in [5.41, 5.74) is 14.7. The molecule has 2 heterocycles. The van der Waals surface area contributed by atoms with Crippen LogP contribution in [-0.2, 0) is 19.0 Å². The van der Waals surface area contributed by atoms with E-state index < -0.39 is 0 Å². The van der Waals surface area contributed by atoms with Gasteiger partial charge >= 0.3 is 0 Å². The largest absolute Gasteiger partial charge is 0.385 e. The van der Waals surface area contributed by atoms with Crippen LogP contribution >= 0.6 is 11.6 Å². The van der Waals surface area contributed by atoms with Crippen LogP contribution in [0.4, 0.5) is 11.6 Å². The van der Waals surface area contributed by atoms with Gasteiger partial charge in [0.1, 0.15) is 5.78 Å². The Labute approximate surface area is 258 Å². The van der Waals surface area contributed by atoms with Crippen LogP contribution in [0.1, 0.15) is 25.7 Å². The molecule has 232 valence electrons. The summed E-state index contributed by atoms with van der Waals surface area (Å²) >= 11 is 6.31. The predicted molar refractivity (Wildman–Crippen MR) is 171 cm³/mol. The van der Waals surface area contributed by atoms with Crippen LogP contribution in [0, 0.1) is 0 Å². The van der Waals surface area contributed by atoms with E-state index in [0.717, 1.165) is 67.9 Å². The van der Waals surface area contributed by atoms with Crippen LogP contribution in [0.5, 0.6) is 0 Å². The van der Waals surface area contributed by atoms with Gasteiger partial charge in [0.15, 0.2) is 5.96 Å². The van der Waals surface area contributed by atoms with E-state index in [4.69, 9.17) is 37.3 Å². The van der Waals surface area contributed by atoms with Crippen LogP contribution in [0.15, 0.2) is 47.5 Å². The predicted octanol–water partition coefficient (Wildman–Crippen LogP) is 3.79. The SMILES string of the molecule is COCCCC(=O)CCCOCCOCCN1CCN(c2cccc(-c3nc(N=C(N)N)nc4ccc(Cl)cc34)c2)CC1. The molecule has 0 amide bonds. The lowest BCUT2D eigenvalue weighted by Gasteiger charge is -2.36. The molecule has 0 aliphatic carbocycles. The van der Waals surface area contributed by atoms with Gasteiger partial charge in [0.2, 0.25) is 0 Å². The number of carbonyl (C=O) groups is 1. The number of Topliss-reactive ketones (excluding diaryl/α,β-unsaturated/α-hetero) is 1. The maximum atomic E-state index is 11.7. The van der Waals surface area contributed by atoms with Crippen molar-refractivity contribution < 1.29 is 19.0 Å². The molecule has 43 heavy (non-hydrogen) atoms. The first-order chi connectivity index (χ1) is 20.9. The van der Waals surface area contributed by atoms with Crippen molar-refractivity contribution in [3.63, 3.8) is 0 Å². The number of aromatic nitrogens is 2. The van der Waals surface area contributed by atoms with E-state index in [0.29, 0.717) is 56.4 Å². The van der Waals surface area contributed by atoms with E-state index >= 15 is 0 Å². The summed E-state index contributed by atoms with van der Waals surface area (Å²) in [6.45, 7) is 7.58. The van der Waals surface area contributed by atoms with Crippen LogP contribution in [0.3, 0.4) is 0 Å². The van der Waals surface area contributed by atoms with Crippen molar-refractivity contribution in [1.82, 2.24) is 14.9 Å². The molecule has 1 aliphatic heterocycles. The first-order valence-corrected chi connectivity index (χ1v) is 15.1. The summed E-state index contributed by atoms with van der Waals surface area (Å²) in [4.78, 5) is 29.7. The van der Waals surface area contributed by atoms with E-state index in [2.05, 4.69) is 36.9 Å². The molecule has 3 aromatic rings. The minimum absolute atomic E-state index is 0.0982. The number of aliphatic imine (C=N–C) groups is 1. The van der Waals surface area contributed by atoms with Crippen LogP contribution < -0.4 is 16.4 Å². The van der Waals surface area contributed by atoms with Gasteiger partial charge in [-0.15, -0.1) is 0 Å². The summed E-state index contributed by atoms with van der Waals surface area (Å²) in [5.74, 6) is 0.380. The summed E-state index contributed by atoms with van der Waals surface area (Å²) in [5, 5.41) is 1.44. The number of nitrogens with two attached hydrogens (primary N) is 2. The number of anilines is 1. The highest BCUT2D eigenvalue weighted by molar-refractivity contribution is 6.31. The van der Waals surface area contributed by atoms with E-state index in [-0.39, 0.29) is 17.7 Å². The molecule has 0 atom stereocenters. The molecule has 1 fully saturated rings. The number of nitrogens with zero attached hydrogens (tertiary/aromatic N) is 5. The van der Waals surface area contributed by atoms with E-state index in [9.17, 15) is 4.79 Å². The summed E-state index contributed by atoms with van der Waals surface area (Å²) in [6.07, 6.45) is 2.68. The van der Waals surface area contributed by atoms with Gasteiger partial charge < -0.3 is 30.6 Å². The molecule has 0 unspecified atom stereocenters. The molecule has 11 nitrogen and oxygen atoms in total. The number of hydrogen-bond acceptors (Lipinski definition) is 9. The number of ether oxygens (including phenoxy) is 3. The highest BCUT2D eigenvalue weighted by atomic mass is 35.5. The maximum Gasteiger partial charge on any atom is 0.253 e. The zero-order valence-corrected chi connectivity index (χ0v) is 25.6. The monoisotopic (exact) mass is 611 g/mol. The molecule has 0 radical (unpaired) electrons. The third kappa shape index (κ3) is 10.4. The summed E-state index contributed by atoms with van der Waals surface area (Å²) in [6, 6.07) is 13.8. The second kappa shape index (κ2) is 17.1. The van der Waals surface area contributed by atoms with Gasteiger partial charge in [-0.25, -0.2) is 9.97 Å². The van der Waals surface area contributed by atoms with E-state index in [1.807, 2.05) is 24.3 Å². The van der Waals surface area contributed by atoms with Gasteiger partial charge in [-0.3, -0.25) is 9.69 Å². The highest BCUT2D eigenvalue weighted by Crippen LogP contribution is 2.32. The lowest BCUT2D eigenvalue weighted by Crippen LogP contribution is -2.47. The molecular weight excluding hydrogens is 570 g/mol. The fraction of sp³-hybridized carbons (Fsp3) is 0.484. The average molecular weight is 612 g/mol. The van der Waals surface area contributed by atoms with Crippen molar-refractivity contribution in [3.8, 4) is 11.3 Å². The van der Waals surface area contributed by atoms with Gasteiger partial charge in [-0.2, -0.15) is 4.99 Å². The lowest BCUT2D eigenvalue weighted by molar-refractivity contribution is -0.119. The standard InChI is InChI=1S/C31H42ClN7O4/c1-41-16-3-7-26(40)8-4-17-42-19-20-43-18-15-38-11-13-39(14-12-38)25-6-2-5-23(21-25)29-27-22-24(32)9-10-28(27)35-31(36-29)37-30(33)34/h2,5-6,9-10,21-22H,3-4,7-8,11-20H2,1H3,(H4,33,34,35,36,37). The third-order valence-corrected chi connectivity index (χ3v) is 7.44. The zero-order valence-electron chi connectivity index (χ0n) is 24.8. The minimum Gasteiger partial charge on any atom is -0.385 e. The van der Waals surface area contributed by atoms with Crippen molar-refractivity contribution >= 4 is 45.9 Å². The number of piperazine rings is 1. The number of rotatable bonds is 17.